The van der Waals surface area contributed by atoms with E-state index in [1.165, 1.54) is 0 Å². The van der Waals surface area contributed by atoms with Gasteiger partial charge in [0.15, 0.2) is 0 Å². The largest absolute Gasteiger partial charge is 0.462 e. The van der Waals surface area contributed by atoms with Gasteiger partial charge in [0.1, 0.15) is 0 Å². The van der Waals surface area contributed by atoms with Crippen LogP contribution >= 0.6 is 0 Å². The lowest BCUT2D eigenvalue weighted by molar-refractivity contribution is -0.149. The van der Waals surface area contributed by atoms with Gasteiger partial charge in [-0.05, 0) is 20.3 Å². The van der Waals surface area contributed by atoms with Crippen LogP contribution in [0.15, 0.2) is 0 Å². The molecule has 0 saturated heterocycles. The zero-order valence-electron chi connectivity index (χ0n) is 9.96. The number of nitrogens with one attached hydrogen (secondary N) is 1. The Morgan fingerprint density at radius 3 is 2.36 bits per heavy atom. The molecule has 1 N–H and O–H groups in total. The molecule has 0 aromatic heterocycles. The first-order chi connectivity index (χ1) is 6.47. The summed E-state index contributed by atoms with van der Waals surface area (Å²) in [6.07, 6.45) is 1.79. The zero-order chi connectivity index (χ0) is 11.1. The van der Waals surface area contributed by atoms with Crippen molar-refractivity contribution in [2.24, 2.45) is 0 Å². The Bertz CT molecular complexity index is 172. The average Bonchev–Trinajstić information content (AvgIpc) is 2.01. The maximum absolute atomic E-state index is 11.6. The quantitative estimate of drug-likeness (QED) is 0.524. The second kappa shape index (κ2) is 6.88. The molecule has 0 heterocycles. The van der Waals surface area contributed by atoms with E-state index in [1.54, 1.807) is 0 Å². The third kappa shape index (κ3) is 6.03. The van der Waals surface area contributed by atoms with Gasteiger partial charge in [0, 0.05) is 0 Å². The maximum atomic E-state index is 11.6. The number of esters is 1. The summed E-state index contributed by atoms with van der Waals surface area (Å²) in [4.78, 5) is 11.6. The smallest absolute Gasteiger partial charge is 0.322 e. The molecular weight excluding hydrogens is 177 g/mol. The fourth-order valence-corrected chi connectivity index (χ4v) is 1.27. The summed E-state index contributed by atoms with van der Waals surface area (Å²) in [5, 5.41) is 3.21. The molecule has 1 atom stereocenters. The van der Waals surface area contributed by atoms with Gasteiger partial charge in [-0.2, -0.15) is 0 Å². The number of ether oxygens (including phenoxy) is 1. The third-order valence-corrected chi connectivity index (χ3v) is 1.75. The second-order valence-corrected chi connectivity index (χ2v) is 4.15. The molecule has 3 nitrogen and oxygen atoms in total. The van der Waals surface area contributed by atoms with Crippen LogP contribution < -0.4 is 5.23 Å². The van der Waals surface area contributed by atoms with E-state index >= 15 is 0 Å². The lowest BCUT2D eigenvalue weighted by Crippen LogP contribution is -2.44. The Balaban J connectivity index is 4.10. The summed E-state index contributed by atoms with van der Waals surface area (Å²) in [7, 11) is 0. The van der Waals surface area contributed by atoms with Crippen LogP contribution in [0.5, 0.6) is 0 Å². The van der Waals surface area contributed by atoms with Gasteiger partial charge in [-0.15, -0.1) is 0 Å². The van der Waals surface area contributed by atoms with Gasteiger partial charge >= 0.3 is 5.97 Å². The summed E-state index contributed by atoms with van der Waals surface area (Å²) in [6, 6.07) is -0.151. The standard InChI is InChI=1S/C10H22BNO2/c1-6-7-9(12-11(4)5)10(13)14-8(2)3/h8-9,12H,6-7H2,1-5H3. The van der Waals surface area contributed by atoms with E-state index in [9.17, 15) is 4.79 Å². The van der Waals surface area contributed by atoms with E-state index in [0.29, 0.717) is 6.85 Å². The monoisotopic (exact) mass is 199 g/mol. The molecule has 0 aliphatic heterocycles. The molecule has 0 radical (unpaired) electrons. The Kier molecular flexibility index (Phi) is 6.63. The predicted molar refractivity (Wildman–Crippen MR) is 60.5 cm³/mol. The highest BCUT2D eigenvalue weighted by Gasteiger charge is 2.20. The molecule has 0 saturated carbocycles. The Hall–Kier alpha value is -0.505. The first-order valence-corrected chi connectivity index (χ1v) is 5.43. The summed E-state index contributed by atoms with van der Waals surface area (Å²) >= 11 is 0. The van der Waals surface area contributed by atoms with Crippen LogP contribution in [0.3, 0.4) is 0 Å². The molecule has 0 aliphatic carbocycles. The van der Waals surface area contributed by atoms with Gasteiger partial charge in [-0.25, -0.2) is 0 Å². The number of hydrogen-bond acceptors (Lipinski definition) is 3. The molecule has 14 heavy (non-hydrogen) atoms. The van der Waals surface area contributed by atoms with Gasteiger partial charge in [0.05, 0.1) is 12.1 Å². The molecule has 0 aliphatic rings. The lowest BCUT2D eigenvalue weighted by atomic mass is 9.68. The molecule has 0 spiro atoms. The zero-order valence-corrected chi connectivity index (χ0v) is 9.96. The summed E-state index contributed by atoms with van der Waals surface area (Å²) in [5.74, 6) is -0.129. The van der Waals surface area contributed by atoms with Crippen LogP contribution in [0.4, 0.5) is 0 Å². The van der Waals surface area contributed by atoms with Gasteiger partial charge in [0.25, 0.3) is 0 Å². The van der Waals surface area contributed by atoms with Gasteiger partial charge in [0.2, 0.25) is 6.85 Å². The highest BCUT2D eigenvalue weighted by molar-refractivity contribution is 6.53. The third-order valence-electron chi connectivity index (χ3n) is 1.75. The summed E-state index contributed by atoms with van der Waals surface area (Å²) in [5.41, 5.74) is 0. The lowest BCUT2D eigenvalue weighted by Gasteiger charge is -2.19. The normalized spacial score (nSPS) is 12.7. The summed E-state index contributed by atoms with van der Waals surface area (Å²) in [6.45, 7) is 10.2. The van der Waals surface area contributed by atoms with E-state index in [-0.39, 0.29) is 18.1 Å². The van der Waals surface area contributed by atoms with Crippen molar-refractivity contribution in [2.75, 3.05) is 0 Å². The van der Waals surface area contributed by atoms with Crippen molar-refractivity contribution >= 4 is 12.8 Å². The number of rotatable bonds is 6. The maximum Gasteiger partial charge on any atom is 0.322 e. The van der Waals surface area contributed by atoms with Crippen LogP contribution in [-0.2, 0) is 9.53 Å². The van der Waals surface area contributed by atoms with Crippen LogP contribution in [0.1, 0.15) is 33.6 Å². The molecule has 0 fully saturated rings. The van der Waals surface area contributed by atoms with Crippen molar-refractivity contribution in [3.05, 3.63) is 0 Å². The van der Waals surface area contributed by atoms with E-state index in [1.807, 2.05) is 27.5 Å². The van der Waals surface area contributed by atoms with Crippen molar-refractivity contribution in [2.45, 2.75) is 59.4 Å². The first kappa shape index (κ1) is 13.5. The second-order valence-electron chi connectivity index (χ2n) is 4.15. The average molecular weight is 199 g/mol. The van der Waals surface area contributed by atoms with Crippen LogP contribution in [0.25, 0.3) is 0 Å². The Morgan fingerprint density at radius 2 is 2.00 bits per heavy atom. The first-order valence-electron chi connectivity index (χ1n) is 5.43. The predicted octanol–water partition coefficient (Wildman–Crippen LogP) is 1.95. The molecule has 1 unspecified atom stereocenters. The molecule has 0 aromatic rings. The van der Waals surface area contributed by atoms with Crippen LogP contribution in [-0.4, -0.2) is 25.0 Å². The van der Waals surface area contributed by atoms with Crippen LogP contribution in [0, 0.1) is 0 Å². The number of carbonyl (C=O) groups is 1. The SMILES string of the molecule is CCCC(NB(C)C)C(=O)OC(C)C. The fraction of sp³-hybridized carbons (Fsp3) is 0.900. The molecule has 0 amide bonds. The van der Waals surface area contributed by atoms with Crippen molar-refractivity contribution in [3.63, 3.8) is 0 Å². The molecule has 0 rings (SSSR count). The van der Waals surface area contributed by atoms with Gasteiger partial charge < -0.3 is 9.96 Å². The van der Waals surface area contributed by atoms with E-state index < -0.39 is 0 Å². The van der Waals surface area contributed by atoms with Crippen LogP contribution in [0.2, 0.25) is 13.6 Å². The van der Waals surface area contributed by atoms with Crippen molar-refractivity contribution in [3.8, 4) is 0 Å². The molecule has 82 valence electrons. The highest BCUT2D eigenvalue weighted by Crippen LogP contribution is 2.02. The number of carbonyl (C=O) groups excluding carboxylic acids is 1. The minimum Gasteiger partial charge on any atom is -0.462 e. The molecular formula is C10H22BNO2. The molecule has 4 heteroatoms. The van der Waals surface area contributed by atoms with Crippen molar-refractivity contribution < 1.29 is 9.53 Å². The van der Waals surface area contributed by atoms with Gasteiger partial charge in [-0.3, -0.25) is 4.79 Å². The van der Waals surface area contributed by atoms with Gasteiger partial charge in [-0.1, -0.05) is 27.0 Å². The Morgan fingerprint density at radius 1 is 1.43 bits per heavy atom. The topological polar surface area (TPSA) is 38.3 Å². The highest BCUT2D eigenvalue weighted by atomic mass is 16.5. The minimum atomic E-state index is -0.151. The fourth-order valence-electron chi connectivity index (χ4n) is 1.27. The molecule has 0 aromatic carbocycles. The van der Waals surface area contributed by atoms with E-state index in [2.05, 4.69) is 12.2 Å². The minimum absolute atomic E-state index is 0.0316. The van der Waals surface area contributed by atoms with E-state index in [0.717, 1.165) is 12.8 Å². The van der Waals surface area contributed by atoms with Crippen molar-refractivity contribution in [1.82, 2.24) is 5.23 Å². The van der Waals surface area contributed by atoms with Crippen molar-refractivity contribution in [1.29, 1.82) is 0 Å². The number of hydrogen-bond donors (Lipinski definition) is 1. The summed E-state index contributed by atoms with van der Waals surface area (Å²) < 4.78 is 5.16. The van der Waals surface area contributed by atoms with E-state index in [4.69, 9.17) is 4.74 Å². The molecule has 0 bridgehead atoms. The Labute approximate surface area is 87.7 Å².